The second-order valence-electron chi connectivity index (χ2n) is 15.5. The largest absolute Gasteiger partial charge is 0.483 e. The van der Waals surface area contributed by atoms with Crippen molar-refractivity contribution in [3.8, 4) is 0 Å². The van der Waals surface area contributed by atoms with Gasteiger partial charge in [-0.05, 0) is 57.7 Å². The molecule has 0 fully saturated rings. The van der Waals surface area contributed by atoms with E-state index in [1.807, 2.05) is 13.8 Å². The maximum Gasteiger partial charge on any atom is 0.290 e. The van der Waals surface area contributed by atoms with E-state index >= 15 is 0 Å². The fourth-order valence-electron chi connectivity index (χ4n) is 7.56. The molecule has 1 rings (SSSR count). The van der Waals surface area contributed by atoms with Gasteiger partial charge in [0, 0.05) is 12.1 Å². The van der Waals surface area contributed by atoms with Crippen LogP contribution in [0.3, 0.4) is 0 Å². The molecule has 326 valence electrons. The minimum Gasteiger partial charge on any atom is -0.483 e. The summed E-state index contributed by atoms with van der Waals surface area (Å²) >= 11 is 0. The highest BCUT2D eigenvalue weighted by atomic mass is 16.3. The summed E-state index contributed by atoms with van der Waals surface area (Å²) in [5, 5.41) is 17.0. The van der Waals surface area contributed by atoms with Crippen molar-refractivity contribution in [3.05, 3.63) is 26.0 Å². The Balaban J connectivity index is -0.00000310. The fourth-order valence-corrected chi connectivity index (χ4v) is 7.56. The Morgan fingerprint density at radius 2 is 0.800 bits per heavy atom. The Bertz CT molecular complexity index is 969. The van der Waals surface area contributed by atoms with Gasteiger partial charge in [0.05, 0.1) is 5.69 Å². The zero-order valence-corrected chi connectivity index (χ0v) is 37.4. The average molecular weight is 781 g/mol. The number of rotatable bonds is 36. The Morgan fingerprint density at radius 3 is 1.16 bits per heavy atom. The quantitative estimate of drug-likeness (QED) is 0.0349. The van der Waals surface area contributed by atoms with Crippen LogP contribution in [-0.2, 0) is 9.59 Å². The van der Waals surface area contributed by atoms with Gasteiger partial charge in [0.2, 0.25) is 10.9 Å². The molecule has 0 unspecified atom stereocenters. The summed E-state index contributed by atoms with van der Waals surface area (Å²) in [5.41, 5.74) is 0.523. The van der Waals surface area contributed by atoms with Crippen molar-refractivity contribution in [3.63, 3.8) is 0 Å². The first-order valence-corrected chi connectivity index (χ1v) is 23.2. The Labute approximate surface area is 340 Å². The SMILES string of the molecule is CC.CCCCCC(CCCCC)CCCCCCCN(CCCCCCCCC(CCCC)CCCC)CCCNc1c(C)c(=O)c1=O.O=CO.O=CO. The van der Waals surface area contributed by atoms with Gasteiger partial charge in [-0.15, -0.1) is 0 Å². The zero-order valence-electron chi connectivity index (χ0n) is 37.4. The molecule has 0 aliphatic rings. The Morgan fingerprint density at radius 1 is 0.491 bits per heavy atom. The van der Waals surface area contributed by atoms with Crippen LogP contribution in [0.5, 0.6) is 0 Å². The molecule has 0 aliphatic carbocycles. The first kappa shape index (κ1) is 57.1. The summed E-state index contributed by atoms with van der Waals surface area (Å²) in [6.45, 7) is 18.8. The standard InChI is InChI=1S/C43H82N2O2.C2H6.2CH2O2/c1-6-10-21-30-40(31-22-11-7-2)33-24-18-16-20-26-36-45(37-27-34-44-41-38(5)42(46)43(41)47)35-25-19-15-14-17-23-32-39(28-12-8-3)29-13-9-4;1-2;2*2-1-3/h39-40,44H,6-37H2,1-5H3;1-2H3;2*1H,(H,2,3). The van der Waals surface area contributed by atoms with Crippen LogP contribution in [0.1, 0.15) is 227 Å². The second kappa shape index (κ2) is 46.2. The number of carbonyl (C=O) groups is 2. The predicted octanol–water partition coefficient (Wildman–Crippen LogP) is 13.0. The van der Waals surface area contributed by atoms with Crippen LogP contribution >= 0.6 is 0 Å². The molecule has 0 aliphatic heterocycles. The van der Waals surface area contributed by atoms with Gasteiger partial charge in [-0.25, -0.2) is 0 Å². The predicted molar refractivity (Wildman–Crippen MR) is 239 cm³/mol. The van der Waals surface area contributed by atoms with Crippen LogP contribution in [0.25, 0.3) is 0 Å². The third kappa shape index (κ3) is 35.9. The van der Waals surface area contributed by atoms with Crippen LogP contribution in [0.2, 0.25) is 0 Å². The van der Waals surface area contributed by atoms with Gasteiger partial charge in [-0.2, -0.15) is 0 Å². The van der Waals surface area contributed by atoms with E-state index in [4.69, 9.17) is 19.8 Å². The van der Waals surface area contributed by atoms with E-state index in [9.17, 15) is 9.59 Å². The van der Waals surface area contributed by atoms with Gasteiger partial charge in [0.15, 0.2) is 0 Å². The van der Waals surface area contributed by atoms with E-state index < -0.39 is 0 Å². The number of hydrogen-bond acceptors (Lipinski definition) is 6. The summed E-state index contributed by atoms with van der Waals surface area (Å²) < 4.78 is 0. The molecule has 0 amide bonds. The monoisotopic (exact) mass is 781 g/mol. The lowest BCUT2D eigenvalue weighted by molar-refractivity contribution is -0.123. The van der Waals surface area contributed by atoms with E-state index in [-0.39, 0.29) is 23.8 Å². The van der Waals surface area contributed by atoms with Gasteiger partial charge in [-0.3, -0.25) is 19.2 Å². The molecule has 3 N–H and O–H groups in total. The zero-order chi connectivity index (χ0) is 41.8. The molecule has 0 heterocycles. The highest BCUT2D eigenvalue weighted by Crippen LogP contribution is 2.25. The molecule has 55 heavy (non-hydrogen) atoms. The third-order valence-electron chi connectivity index (χ3n) is 10.9. The van der Waals surface area contributed by atoms with E-state index in [1.165, 1.54) is 186 Å². The number of nitrogens with one attached hydrogen (secondary N) is 1. The molecule has 1 aromatic carbocycles. The molecule has 1 aromatic rings. The van der Waals surface area contributed by atoms with Crippen LogP contribution in [-0.4, -0.2) is 54.2 Å². The summed E-state index contributed by atoms with van der Waals surface area (Å²) in [6, 6.07) is 0. The van der Waals surface area contributed by atoms with Crippen LogP contribution in [0.4, 0.5) is 5.69 Å². The maximum atomic E-state index is 11.8. The average Bonchev–Trinajstić information content (AvgIpc) is 3.19. The lowest BCUT2D eigenvalue weighted by atomic mass is 9.90. The summed E-state index contributed by atoms with van der Waals surface area (Å²) in [4.78, 5) is 42.8. The van der Waals surface area contributed by atoms with Gasteiger partial charge < -0.3 is 20.4 Å². The molecule has 0 bridgehead atoms. The molecule has 0 atom stereocenters. The summed E-state index contributed by atoms with van der Waals surface area (Å²) in [6.07, 6.45) is 38.8. The van der Waals surface area contributed by atoms with Crippen LogP contribution in [0, 0.1) is 18.8 Å². The molecule has 0 radical (unpaired) electrons. The minimum atomic E-state index is -0.329. The van der Waals surface area contributed by atoms with Crippen molar-refractivity contribution in [2.24, 2.45) is 11.8 Å². The molecule has 8 nitrogen and oxygen atoms in total. The van der Waals surface area contributed by atoms with Crippen molar-refractivity contribution < 1.29 is 19.8 Å². The van der Waals surface area contributed by atoms with E-state index in [0.717, 1.165) is 31.3 Å². The van der Waals surface area contributed by atoms with Crippen molar-refractivity contribution >= 4 is 18.6 Å². The Hall–Kier alpha value is -2.22. The second-order valence-corrected chi connectivity index (χ2v) is 15.5. The van der Waals surface area contributed by atoms with Gasteiger partial charge in [0.1, 0.15) is 0 Å². The smallest absolute Gasteiger partial charge is 0.290 e. The molecule has 0 saturated carbocycles. The van der Waals surface area contributed by atoms with Crippen molar-refractivity contribution in [2.45, 2.75) is 228 Å². The number of hydrogen-bond donors (Lipinski definition) is 3. The molecule has 0 saturated heterocycles. The number of unbranched alkanes of at least 4 members (excludes halogenated alkanes) is 15. The maximum absolute atomic E-state index is 11.8. The molecule has 0 aromatic heterocycles. The van der Waals surface area contributed by atoms with Gasteiger partial charge in [0.25, 0.3) is 12.9 Å². The van der Waals surface area contributed by atoms with E-state index in [1.54, 1.807) is 6.92 Å². The number of carboxylic acid groups (broad SMARTS) is 2. The molecule has 8 heteroatoms. The van der Waals surface area contributed by atoms with Crippen molar-refractivity contribution in [1.29, 1.82) is 0 Å². The highest BCUT2D eigenvalue weighted by Gasteiger charge is 2.16. The first-order chi connectivity index (χ1) is 26.8. The number of anilines is 1. The normalized spacial score (nSPS) is 10.8. The van der Waals surface area contributed by atoms with Crippen molar-refractivity contribution in [2.75, 3.05) is 31.5 Å². The van der Waals surface area contributed by atoms with E-state index in [2.05, 4.69) is 37.9 Å². The summed E-state index contributed by atoms with van der Waals surface area (Å²) in [5.74, 6) is 1.95. The first-order valence-electron chi connectivity index (χ1n) is 23.2. The van der Waals surface area contributed by atoms with Gasteiger partial charge >= 0.3 is 0 Å². The van der Waals surface area contributed by atoms with Crippen LogP contribution < -0.4 is 16.2 Å². The fraction of sp³-hybridized carbons (Fsp3) is 0.872. The number of nitrogens with zero attached hydrogens (tertiary/aromatic N) is 1. The lowest BCUT2D eigenvalue weighted by Gasteiger charge is -2.23. The third-order valence-corrected chi connectivity index (χ3v) is 10.9. The molecular weight excluding hydrogens is 689 g/mol. The van der Waals surface area contributed by atoms with Crippen molar-refractivity contribution in [1.82, 2.24) is 4.90 Å². The van der Waals surface area contributed by atoms with Crippen LogP contribution in [0.15, 0.2) is 9.59 Å². The van der Waals surface area contributed by atoms with E-state index in [0.29, 0.717) is 11.3 Å². The Kier molecular flexibility index (Phi) is 47.9. The topological polar surface area (TPSA) is 124 Å². The lowest BCUT2D eigenvalue weighted by Crippen LogP contribution is -2.37. The minimum absolute atomic E-state index is 0.250. The highest BCUT2D eigenvalue weighted by molar-refractivity contribution is 5.55. The summed E-state index contributed by atoms with van der Waals surface area (Å²) in [7, 11) is 0. The molecular formula is C47H92N2O6. The van der Waals surface area contributed by atoms with Gasteiger partial charge in [-0.1, -0.05) is 202 Å². The molecule has 0 spiro atoms.